The van der Waals surface area contributed by atoms with E-state index in [1.54, 1.807) is 10.8 Å². The Hall–Kier alpha value is -3.54. The summed E-state index contributed by atoms with van der Waals surface area (Å²) in [5, 5.41) is 10.0. The predicted molar refractivity (Wildman–Crippen MR) is 105 cm³/mol. The van der Waals surface area contributed by atoms with Crippen LogP contribution in [-0.4, -0.2) is 29.4 Å². The van der Waals surface area contributed by atoms with Crippen LogP contribution in [0.4, 0.5) is 0 Å². The van der Waals surface area contributed by atoms with Crippen LogP contribution < -0.4 is 0 Å². The third-order valence-electron chi connectivity index (χ3n) is 5.03. The molecule has 0 saturated carbocycles. The maximum absolute atomic E-state index is 4.77. The van der Waals surface area contributed by atoms with E-state index in [1.807, 2.05) is 29.1 Å². The molecule has 0 amide bonds. The molecule has 2 aromatic carbocycles. The van der Waals surface area contributed by atoms with Gasteiger partial charge in [-0.1, -0.05) is 30.3 Å². The van der Waals surface area contributed by atoms with Crippen molar-refractivity contribution >= 4 is 16.7 Å². The van der Waals surface area contributed by atoms with Crippen LogP contribution in [0.2, 0.25) is 0 Å². The Morgan fingerprint density at radius 2 is 1.70 bits per heavy atom. The summed E-state index contributed by atoms with van der Waals surface area (Å²) >= 11 is 0. The van der Waals surface area contributed by atoms with Gasteiger partial charge >= 0.3 is 0 Å². The lowest BCUT2D eigenvalue weighted by atomic mass is 10.1. The number of rotatable bonds is 2. The number of benzene rings is 2. The number of nitrogens with zero attached hydrogens (tertiary/aromatic N) is 6. The highest BCUT2D eigenvalue weighted by atomic mass is 15.3. The average Bonchev–Trinajstić information content (AvgIpc) is 3.28. The SMILES string of the molecule is Cc1ccc(-n2ncc3c2ncn2nc(-c4ccccc4C)nc32)cc1C. The summed E-state index contributed by atoms with van der Waals surface area (Å²) in [6.07, 6.45) is 3.51. The molecule has 0 aliphatic rings. The molecule has 3 heterocycles. The van der Waals surface area contributed by atoms with Gasteiger partial charge in [0.15, 0.2) is 17.1 Å². The normalized spacial score (nSPS) is 11.5. The van der Waals surface area contributed by atoms with Gasteiger partial charge in [-0.2, -0.15) is 5.10 Å². The van der Waals surface area contributed by atoms with E-state index in [4.69, 9.17) is 4.98 Å². The van der Waals surface area contributed by atoms with Crippen molar-refractivity contribution in [1.82, 2.24) is 29.4 Å². The van der Waals surface area contributed by atoms with E-state index >= 15 is 0 Å². The van der Waals surface area contributed by atoms with Gasteiger partial charge in [-0.15, -0.1) is 5.10 Å². The van der Waals surface area contributed by atoms with Crippen LogP contribution in [0.15, 0.2) is 55.0 Å². The van der Waals surface area contributed by atoms with Crippen molar-refractivity contribution < 1.29 is 0 Å². The maximum atomic E-state index is 4.77. The molecular formula is C21H18N6. The molecule has 0 saturated heterocycles. The molecule has 0 fully saturated rings. The second-order valence-corrected chi connectivity index (χ2v) is 6.83. The fourth-order valence-corrected chi connectivity index (χ4v) is 3.30. The smallest absolute Gasteiger partial charge is 0.182 e. The predicted octanol–water partition coefficient (Wildman–Crippen LogP) is 4.06. The molecule has 0 bridgehead atoms. The van der Waals surface area contributed by atoms with Gasteiger partial charge in [-0.05, 0) is 49.6 Å². The van der Waals surface area contributed by atoms with Crippen LogP contribution >= 0.6 is 0 Å². The minimum absolute atomic E-state index is 0.696. The second-order valence-electron chi connectivity index (χ2n) is 6.83. The van der Waals surface area contributed by atoms with E-state index in [0.717, 1.165) is 33.5 Å². The van der Waals surface area contributed by atoms with Crippen LogP contribution in [0.25, 0.3) is 33.8 Å². The standard InChI is InChI=1S/C21H18N6/c1-13-8-9-16(10-15(13)3)27-20-18(11-23-27)21-24-19(25-26(21)12-22-20)17-7-5-4-6-14(17)2/h4-12H,1-3H3. The van der Waals surface area contributed by atoms with Crippen LogP contribution in [0, 0.1) is 20.8 Å². The first-order chi connectivity index (χ1) is 13.1. The lowest BCUT2D eigenvalue weighted by Gasteiger charge is -2.06. The number of hydrogen-bond donors (Lipinski definition) is 0. The zero-order valence-corrected chi connectivity index (χ0v) is 15.4. The van der Waals surface area contributed by atoms with Gasteiger partial charge in [-0.3, -0.25) is 0 Å². The van der Waals surface area contributed by atoms with Gasteiger partial charge in [0, 0.05) is 5.56 Å². The van der Waals surface area contributed by atoms with Gasteiger partial charge in [0.2, 0.25) is 0 Å². The first-order valence-corrected chi connectivity index (χ1v) is 8.84. The molecule has 0 atom stereocenters. The average molecular weight is 354 g/mol. The zero-order chi connectivity index (χ0) is 18.5. The Bertz CT molecular complexity index is 1310. The van der Waals surface area contributed by atoms with Crippen LogP contribution in [0.1, 0.15) is 16.7 Å². The Kier molecular flexibility index (Phi) is 3.33. The highest BCUT2D eigenvalue weighted by Crippen LogP contribution is 2.24. The fourth-order valence-electron chi connectivity index (χ4n) is 3.30. The maximum Gasteiger partial charge on any atom is 0.182 e. The third kappa shape index (κ3) is 2.41. The molecule has 0 N–H and O–H groups in total. The summed E-state index contributed by atoms with van der Waals surface area (Å²) in [5.41, 5.74) is 7.16. The van der Waals surface area contributed by atoms with Crippen molar-refractivity contribution in [3.8, 4) is 17.1 Å². The lowest BCUT2D eigenvalue weighted by Crippen LogP contribution is -1.99. The molecule has 132 valence electrons. The Labute approximate surface area is 156 Å². The minimum atomic E-state index is 0.696. The molecule has 0 aliphatic heterocycles. The molecule has 6 nitrogen and oxygen atoms in total. The Morgan fingerprint density at radius 3 is 2.52 bits per heavy atom. The molecule has 3 aromatic heterocycles. The van der Waals surface area contributed by atoms with Crippen molar-refractivity contribution in [2.45, 2.75) is 20.8 Å². The highest BCUT2D eigenvalue weighted by Gasteiger charge is 2.15. The van der Waals surface area contributed by atoms with Crippen LogP contribution in [0.3, 0.4) is 0 Å². The van der Waals surface area contributed by atoms with Crippen molar-refractivity contribution in [3.63, 3.8) is 0 Å². The summed E-state index contributed by atoms with van der Waals surface area (Å²) in [7, 11) is 0. The van der Waals surface area contributed by atoms with Crippen LogP contribution in [0.5, 0.6) is 0 Å². The zero-order valence-electron chi connectivity index (χ0n) is 15.4. The molecule has 5 aromatic rings. The topological polar surface area (TPSA) is 60.9 Å². The first kappa shape index (κ1) is 15.7. The van der Waals surface area contributed by atoms with Crippen molar-refractivity contribution in [2.75, 3.05) is 0 Å². The van der Waals surface area contributed by atoms with E-state index in [9.17, 15) is 0 Å². The number of aromatic nitrogens is 6. The molecule has 6 heteroatoms. The molecule has 27 heavy (non-hydrogen) atoms. The summed E-state index contributed by atoms with van der Waals surface area (Å²) in [4.78, 5) is 9.36. The fraction of sp³-hybridized carbons (Fsp3) is 0.143. The molecule has 5 rings (SSSR count). The Morgan fingerprint density at radius 1 is 0.852 bits per heavy atom. The molecule has 0 radical (unpaired) electrons. The van der Waals surface area contributed by atoms with Crippen molar-refractivity contribution in [2.24, 2.45) is 0 Å². The summed E-state index contributed by atoms with van der Waals surface area (Å²) in [6.45, 7) is 6.27. The van der Waals surface area contributed by atoms with Gasteiger partial charge in [0.25, 0.3) is 0 Å². The van der Waals surface area contributed by atoms with E-state index in [0.29, 0.717) is 5.82 Å². The summed E-state index contributed by atoms with van der Waals surface area (Å²) < 4.78 is 3.57. The van der Waals surface area contributed by atoms with Crippen molar-refractivity contribution in [1.29, 1.82) is 0 Å². The van der Waals surface area contributed by atoms with E-state index in [2.05, 4.69) is 60.2 Å². The van der Waals surface area contributed by atoms with Crippen LogP contribution in [-0.2, 0) is 0 Å². The number of hydrogen-bond acceptors (Lipinski definition) is 4. The quantitative estimate of drug-likeness (QED) is 0.480. The first-order valence-electron chi connectivity index (χ1n) is 8.84. The molecule has 0 unspecified atom stereocenters. The molecule has 0 spiro atoms. The van der Waals surface area contributed by atoms with E-state index < -0.39 is 0 Å². The molecular weight excluding hydrogens is 336 g/mol. The van der Waals surface area contributed by atoms with Gasteiger partial charge in [-0.25, -0.2) is 19.2 Å². The summed E-state index contributed by atoms with van der Waals surface area (Å²) in [5.74, 6) is 0.696. The Balaban J connectivity index is 1.71. The number of aryl methyl sites for hydroxylation is 3. The minimum Gasteiger partial charge on any atom is -0.216 e. The van der Waals surface area contributed by atoms with Gasteiger partial charge < -0.3 is 0 Å². The largest absolute Gasteiger partial charge is 0.216 e. The van der Waals surface area contributed by atoms with Gasteiger partial charge in [0.1, 0.15) is 6.33 Å². The van der Waals surface area contributed by atoms with Gasteiger partial charge in [0.05, 0.1) is 17.3 Å². The highest BCUT2D eigenvalue weighted by molar-refractivity contribution is 5.90. The lowest BCUT2D eigenvalue weighted by molar-refractivity contribution is 0.881. The number of fused-ring (bicyclic) bond motifs is 3. The van der Waals surface area contributed by atoms with Crippen molar-refractivity contribution in [3.05, 3.63) is 71.7 Å². The van der Waals surface area contributed by atoms with E-state index in [1.165, 1.54) is 11.1 Å². The second kappa shape index (κ2) is 5.74. The summed E-state index contributed by atoms with van der Waals surface area (Å²) in [6, 6.07) is 14.4. The molecule has 0 aliphatic carbocycles. The van der Waals surface area contributed by atoms with E-state index in [-0.39, 0.29) is 0 Å². The monoisotopic (exact) mass is 354 g/mol. The third-order valence-corrected chi connectivity index (χ3v) is 5.03.